The van der Waals surface area contributed by atoms with Crippen LogP contribution in [-0.4, -0.2) is 55.6 Å². The van der Waals surface area contributed by atoms with Crippen molar-refractivity contribution in [1.82, 2.24) is 9.88 Å². The predicted molar refractivity (Wildman–Crippen MR) is 112 cm³/mol. The summed E-state index contributed by atoms with van der Waals surface area (Å²) in [6.07, 6.45) is 0. The van der Waals surface area contributed by atoms with Crippen LogP contribution in [0.25, 0.3) is 10.2 Å². The number of carbonyl (C=O) groups excluding carboxylic acids is 1. The van der Waals surface area contributed by atoms with E-state index in [4.69, 9.17) is 4.98 Å². The van der Waals surface area contributed by atoms with Crippen LogP contribution >= 0.6 is 11.3 Å². The molecule has 0 aliphatic carbocycles. The van der Waals surface area contributed by atoms with E-state index in [1.165, 1.54) is 26.7 Å². The van der Waals surface area contributed by atoms with Gasteiger partial charge in [0.25, 0.3) is 5.91 Å². The zero-order valence-electron chi connectivity index (χ0n) is 16.7. The molecule has 2 aromatic carbocycles. The molecule has 7 heteroatoms. The van der Waals surface area contributed by atoms with Crippen LogP contribution < -0.4 is 9.80 Å². The number of quaternary nitrogens is 2. The van der Waals surface area contributed by atoms with Gasteiger partial charge in [0.1, 0.15) is 43.5 Å². The van der Waals surface area contributed by atoms with Crippen LogP contribution in [-0.2, 0) is 17.9 Å². The number of hydrogen-bond donors (Lipinski definition) is 2. The lowest BCUT2D eigenvalue weighted by Gasteiger charge is -2.30. The van der Waals surface area contributed by atoms with Gasteiger partial charge in [-0.3, -0.25) is 4.79 Å². The summed E-state index contributed by atoms with van der Waals surface area (Å²) in [4.78, 5) is 21.9. The number of fused-ring (bicyclic) bond motifs is 1. The number of halogens is 1. The number of aromatic nitrogens is 1. The number of likely N-dealkylation sites (N-methyl/N-ethyl adjacent to an activating group) is 1. The number of hydrogen-bond acceptors (Lipinski definition) is 3. The van der Waals surface area contributed by atoms with Crippen molar-refractivity contribution in [2.75, 3.05) is 39.8 Å². The van der Waals surface area contributed by atoms with E-state index in [1.807, 2.05) is 13.1 Å². The minimum absolute atomic E-state index is 0.138. The lowest BCUT2D eigenvalue weighted by Crippen LogP contribution is -3.28. The molecule has 0 radical (unpaired) electrons. The van der Waals surface area contributed by atoms with Gasteiger partial charge in [-0.1, -0.05) is 24.3 Å². The van der Waals surface area contributed by atoms with Gasteiger partial charge in [0, 0.05) is 13.6 Å². The van der Waals surface area contributed by atoms with Crippen molar-refractivity contribution >= 4 is 27.5 Å². The molecule has 1 saturated heterocycles. The predicted octanol–water partition coefficient (Wildman–Crippen LogP) is 0.377. The van der Waals surface area contributed by atoms with Gasteiger partial charge in [0.05, 0.1) is 10.2 Å². The molecule has 3 aromatic rings. The van der Waals surface area contributed by atoms with Gasteiger partial charge in [0.15, 0.2) is 6.54 Å². The highest BCUT2D eigenvalue weighted by Crippen LogP contribution is 2.20. The smallest absolute Gasteiger partial charge is 0.277 e. The third kappa shape index (κ3) is 5.18. The van der Waals surface area contributed by atoms with Gasteiger partial charge < -0.3 is 14.7 Å². The van der Waals surface area contributed by atoms with Crippen molar-refractivity contribution in [2.45, 2.75) is 13.1 Å². The van der Waals surface area contributed by atoms with Gasteiger partial charge in [-0.2, -0.15) is 0 Å². The SMILES string of the molecule is CN(Cc1ccc(F)cc1)C(=O)C[NH+]1CC[NH+](Cc2nc3ccccc3s2)CC1. The summed E-state index contributed by atoms with van der Waals surface area (Å²) in [7, 11) is 1.82. The number of amides is 1. The first-order chi connectivity index (χ1) is 14.1. The maximum atomic E-state index is 13.0. The molecule has 0 saturated carbocycles. The number of nitrogens with one attached hydrogen (secondary N) is 2. The minimum atomic E-state index is -0.251. The van der Waals surface area contributed by atoms with Crippen molar-refractivity contribution in [3.05, 3.63) is 64.9 Å². The molecular weight excluding hydrogens is 387 g/mol. The molecule has 152 valence electrons. The Kier molecular flexibility index (Phi) is 6.18. The Morgan fingerprint density at radius 2 is 1.76 bits per heavy atom. The highest BCUT2D eigenvalue weighted by atomic mass is 32.1. The number of thiazole rings is 1. The Bertz CT molecular complexity index is 933. The van der Waals surface area contributed by atoms with E-state index < -0.39 is 0 Å². The van der Waals surface area contributed by atoms with Gasteiger partial charge in [-0.15, -0.1) is 11.3 Å². The molecule has 29 heavy (non-hydrogen) atoms. The molecule has 1 aromatic heterocycles. The van der Waals surface area contributed by atoms with Crippen LogP contribution in [0.4, 0.5) is 4.39 Å². The number of para-hydroxylation sites is 1. The highest BCUT2D eigenvalue weighted by Gasteiger charge is 2.26. The molecule has 1 aliphatic rings. The van der Waals surface area contributed by atoms with Crippen LogP contribution in [0.15, 0.2) is 48.5 Å². The highest BCUT2D eigenvalue weighted by molar-refractivity contribution is 7.18. The molecule has 0 bridgehead atoms. The number of piperazine rings is 1. The second-order valence-electron chi connectivity index (χ2n) is 7.81. The number of nitrogens with zero attached hydrogens (tertiary/aromatic N) is 2. The van der Waals surface area contributed by atoms with E-state index in [2.05, 4.69) is 18.2 Å². The van der Waals surface area contributed by atoms with Crippen molar-refractivity contribution in [1.29, 1.82) is 0 Å². The summed E-state index contributed by atoms with van der Waals surface area (Å²) in [5.41, 5.74) is 2.04. The standard InChI is InChI=1S/C22H25FN4OS/c1-25(14-17-6-8-18(23)9-7-17)22(28)16-27-12-10-26(11-13-27)15-21-24-19-4-2-3-5-20(19)29-21/h2-9H,10-16H2,1H3/p+2. The Morgan fingerprint density at radius 3 is 2.48 bits per heavy atom. The molecular formula is C22H27FN4OS+2. The maximum Gasteiger partial charge on any atom is 0.277 e. The number of benzene rings is 2. The Labute approximate surface area is 174 Å². The lowest BCUT2D eigenvalue weighted by atomic mass is 10.2. The fourth-order valence-electron chi connectivity index (χ4n) is 3.82. The average molecular weight is 415 g/mol. The van der Waals surface area contributed by atoms with Crippen molar-refractivity contribution in [3.63, 3.8) is 0 Å². The normalized spacial score (nSPS) is 19.4. The van der Waals surface area contributed by atoms with E-state index in [0.717, 1.165) is 43.8 Å². The molecule has 0 atom stereocenters. The van der Waals surface area contributed by atoms with E-state index in [1.54, 1.807) is 33.3 Å². The fourth-order valence-corrected chi connectivity index (χ4v) is 4.86. The summed E-state index contributed by atoms with van der Waals surface area (Å²) in [5.74, 6) is -0.114. The molecule has 4 rings (SSSR count). The van der Waals surface area contributed by atoms with Crippen LogP contribution in [0.2, 0.25) is 0 Å². The molecule has 2 N–H and O–H groups in total. The van der Waals surface area contributed by atoms with E-state index in [-0.39, 0.29) is 11.7 Å². The summed E-state index contributed by atoms with van der Waals surface area (Å²) >= 11 is 1.79. The third-order valence-electron chi connectivity index (χ3n) is 5.56. The van der Waals surface area contributed by atoms with Crippen LogP contribution in [0.3, 0.4) is 0 Å². The summed E-state index contributed by atoms with van der Waals surface area (Å²) in [5, 5.41) is 1.19. The van der Waals surface area contributed by atoms with Crippen LogP contribution in [0.5, 0.6) is 0 Å². The van der Waals surface area contributed by atoms with Gasteiger partial charge in [0.2, 0.25) is 0 Å². The second kappa shape index (κ2) is 8.98. The average Bonchev–Trinajstić information content (AvgIpc) is 3.13. The minimum Gasteiger partial charge on any atom is -0.337 e. The zero-order chi connectivity index (χ0) is 20.2. The maximum absolute atomic E-state index is 13.0. The quantitative estimate of drug-likeness (QED) is 0.612. The van der Waals surface area contributed by atoms with Crippen LogP contribution in [0, 0.1) is 5.82 Å². The molecule has 0 unspecified atom stereocenters. The molecule has 5 nitrogen and oxygen atoms in total. The van der Waals surface area contributed by atoms with E-state index >= 15 is 0 Å². The van der Waals surface area contributed by atoms with Crippen molar-refractivity contribution < 1.29 is 19.0 Å². The first kappa shape index (κ1) is 19.9. The molecule has 1 amide bonds. The summed E-state index contributed by atoms with van der Waals surface area (Å²) in [6.45, 7) is 6.10. The third-order valence-corrected chi connectivity index (χ3v) is 6.60. The van der Waals surface area contributed by atoms with E-state index in [9.17, 15) is 9.18 Å². The summed E-state index contributed by atoms with van der Waals surface area (Å²) in [6, 6.07) is 14.6. The van der Waals surface area contributed by atoms with Crippen molar-refractivity contribution in [2.24, 2.45) is 0 Å². The van der Waals surface area contributed by atoms with Gasteiger partial charge in [-0.05, 0) is 29.8 Å². The first-order valence-corrected chi connectivity index (χ1v) is 10.9. The van der Waals surface area contributed by atoms with Gasteiger partial charge in [-0.25, -0.2) is 9.37 Å². The second-order valence-corrected chi connectivity index (χ2v) is 8.92. The number of carbonyl (C=O) groups is 1. The summed E-state index contributed by atoms with van der Waals surface area (Å²) < 4.78 is 14.3. The molecule has 0 spiro atoms. The lowest BCUT2D eigenvalue weighted by molar-refractivity contribution is -1.02. The van der Waals surface area contributed by atoms with Gasteiger partial charge >= 0.3 is 0 Å². The first-order valence-electron chi connectivity index (χ1n) is 10.1. The van der Waals surface area contributed by atoms with E-state index in [0.29, 0.717) is 13.1 Å². The largest absolute Gasteiger partial charge is 0.337 e. The zero-order valence-corrected chi connectivity index (χ0v) is 17.5. The van der Waals surface area contributed by atoms with Crippen LogP contribution in [0.1, 0.15) is 10.6 Å². The molecule has 1 aliphatic heterocycles. The Balaban J connectivity index is 1.23. The molecule has 2 heterocycles. The van der Waals surface area contributed by atoms with Crippen molar-refractivity contribution in [3.8, 4) is 0 Å². The topological polar surface area (TPSA) is 42.1 Å². The monoisotopic (exact) mass is 414 g/mol. The molecule has 1 fully saturated rings. The Hall–Kier alpha value is -2.35. The fraction of sp³-hybridized carbons (Fsp3) is 0.364. The number of rotatable bonds is 6. The Morgan fingerprint density at radius 1 is 1.07 bits per heavy atom.